The smallest absolute Gasteiger partial charge is 0.367 e. The molecule has 1 aromatic carbocycles. The van der Waals surface area contributed by atoms with Gasteiger partial charge < -0.3 is 24.7 Å². The van der Waals surface area contributed by atoms with E-state index in [4.69, 9.17) is 19.6 Å². The van der Waals surface area contributed by atoms with E-state index >= 15 is 0 Å². The molecule has 0 atom stereocenters. The van der Waals surface area contributed by atoms with Crippen LogP contribution >= 0.6 is 15.2 Å². The molecule has 0 bridgehead atoms. The third kappa shape index (κ3) is 3.99. The van der Waals surface area contributed by atoms with Crippen molar-refractivity contribution in [2.24, 2.45) is 0 Å². The van der Waals surface area contributed by atoms with Crippen molar-refractivity contribution in [3.05, 3.63) is 35.9 Å². The van der Waals surface area contributed by atoms with E-state index < -0.39 is 26.7 Å². The van der Waals surface area contributed by atoms with Gasteiger partial charge in [-0.2, -0.15) is 0 Å². The summed E-state index contributed by atoms with van der Waals surface area (Å²) in [7, 11) is -10.8. The molecule has 0 saturated carbocycles. The minimum atomic E-state index is -5.38. The maximum atomic E-state index is 11.1. The molecule has 0 aliphatic heterocycles. The van der Waals surface area contributed by atoms with Crippen molar-refractivity contribution in [2.75, 3.05) is 0 Å². The molecule has 0 spiro atoms. The van der Waals surface area contributed by atoms with Crippen LogP contribution in [0.1, 0.15) is 5.56 Å². The Hall–Kier alpha value is 0.480. The average Bonchev–Trinajstić information content (AvgIpc) is 2.15. The minimum Gasteiger partial charge on any atom is -0.367 e. The molecule has 0 aliphatic carbocycles. The largest absolute Gasteiger partial charge is 1.00 e. The van der Waals surface area contributed by atoms with Crippen LogP contribution in [0.5, 0.6) is 0 Å². The van der Waals surface area contributed by atoms with Crippen molar-refractivity contribution in [1.29, 1.82) is 0 Å². The van der Waals surface area contributed by atoms with E-state index in [9.17, 15) is 14.2 Å². The Balaban J connectivity index is 0.00000289. The standard InChI is InChI=1S/C8H12O7P2.Na/c9-8(16(10,11)12,17(13,14)15)6-7-4-2-1-3-5-7;/h1-5,9H,6H2,(H2,10,11,12)(H2,13,14,15);/q;+1. The molecule has 0 heterocycles. The molecule has 0 radical (unpaired) electrons. The summed E-state index contributed by atoms with van der Waals surface area (Å²) >= 11 is 0. The third-order valence-electron chi connectivity index (χ3n) is 2.22. The summed E-state index contributed by atoms with van der Waals surface area (Å²) < 4.78 is 22.1. The summed E-state index contributed by atoms with van der Waals surface area (Å²) in [6, 6.07) is 7.47. The van der Waals surface area contributed by atoms with Crippen LogP contribution in [-0.4, -0.2) is 29.8 Å². The third-order valence-corrected chi connectivity index (χ3v) is 5.96. The van der Waals surface area contributed by atoms with Gasteiger partial charge in [0.2, 0.25) is 0 Å². The van der Waals surface area contributed by atoms with Gasteiger partial charge in [0.1, 0.15) is 0 Å². The topological polar surface area (TPSA) is 135 Å². The molecule has 0 unspecified atom stereocenters. The zero-order valence-corrected chi connectivity index (χ0v) is 13.3. The number of benzene rings is 1. The van der Waals surface area contributed by atoms with Gasteiger partial charge in [0.25, 0.3) is 5.08 Å². The van der Waals surface area contributed by atoms with Gasteiger partial charge in [0.05, 0.1) is 0 Å². The molecule has 5 N–H and O–H groups in total. The molecule has 0 amide bonds. The summed E-state index contributed by atoms with van der Waals surface area (Å²) in [5.41, 5.74) is 0.210. The number of rotatable bonds is 4. The second-order valence-corrected chi connectivity index (χ2v) is 7.53. The van der Waals surface area contributed by atoms with Gasteiger partial charge >= 0.3 is 44.7 Å². The Morgan fingerprint density at radius 3 is 1.67 bits per heavy atom. The maximum absolute atomic E-state index is 11.1. The molecule has 0 aliphatic rings. The van der Waals surface area contributed by atoms with Crippen LogP contribution in [0.25, 0.3) is 0 Å². The van der Waals surface area contributed by atoms with Crippen LogP contribution in [0.3, 0.4) is 0 Å². The van der Waals surface area contributed by atoms with Crippen LogP contribution < -0.4 is 29.6 Å². The quantitative estimate of drug-likeness (QED) is 0.300. The second-order valence-electron chi connectivity index (χ2n) is 3.52. The summed E-state index contributed by atoms with van der Waals surface area (Å²) in [4.78, 5) is 35.6. The molecule has 1 rings (SSSR count). The first-order valence-corrected chi connectivity index (χ1v) is 7.68. The van der Waals surface area contributed by atoms with E-state index in [1.165, 1.54) is 24.3 Å². The summed E-state index contributed by atoms with van der Waals surface area (Å²) in [5.74, 6) is 0. The van der Waals surface area contributed by atoms with Crippen molar-refractivity contribution in [3.8, 4) is 0 Å². The van der Waals surface area contributed by atoms with E-state index in [0.717, 1.165) is 0 Å². The Labute approximate surface area is 125 Å². The van der Waals surface area contributed by atoms with E-state index in [0.29, 0.717) is 0 Å². The van der Waals surface area contributed by atoms with Gasteiger partial charge in [-0.1, -0.05) is 30.3 Å². The molecule has 96 valence electrons. The van der Waals surface area contributed by atoms with Gasteiger partial charge in [-0.3, -0.25) is 9.13 Å². The second kappa shape index (κ2) is 6.29. The SMILES string of the molecule is O=P(O)(O)C(O)(Cc1ccccc1)P(=O)(O)O.[Na+]. The molecule has 0 fully saturated rings. The Morgan fingerprint density at radius 2 is 1.33 bits per heavy atom. The fraction of sp³-hybridized carbons (Fsp3) is 0.250. The van der Waals surface area contributed by atoms with Crippen molar-refractivity contribution in [3.63, 3.8) is 0 Å². The first-order chi connectivity index (χ1) is 7.58. The zero-order valence-electron chi connectivity index (χ0n) is 9.54. The predicted octanol–water partition coefficient (Wildman–Crippen LogP) is -2.77. The summed E-state index contributed by atoms with van der Waals surface area (Å²) in [6.07, 6.45) is -0.831. The van der Waals surface area contributed by atoms with E-state index in [2.05, 4.69) is 0 Å². The monoisotopic (exact) mass is 305 g/mol. The van der Waals surface area contributed by atoms with Gasteiger partial charge in [0.15, 0.2) is 0 Å². The molecular weight excluding hydrogens is 293 g/mol. The van der Waals surface area contributed by atoms with Crippen molar-refractivity contribution in [2.45, 2.75) is 11.5 Å². The molecule has 10 heteroatoms. The Kier molecular flexibility index (Phi) is 6.45. The van der Waals surface area contributed by atoms with Gasteiger partial charge in [-0.25, -0.2) is 0 Å². The summed E-state index contributed by atoms with van der Waals surface area (Å²) in [6.45, 7) is 0. The Bertz CT molecular complexity index is 457. The van der Waals surface area contributed by atoms with Gasteiger partial charge in [-0.15, -0.1) is 0 Å². The molecule has 0 aromatic heterocycles. The Morgan fingerprint density at radius 1 is 0.944 bits per heavy atom. The van der Waals surface area contributed by atoms with Gasteiger partial charge in [-0.05, 0) is 5.56 Å². The van der Waals surface area contributed by atoms with Crippen LogP contribution in [0, 0.1) is 0 Å². The molecule has 18 heavy (non-hydrogen) atoms. The van der Waals surface area contributed by atoms with Crippen molar-refractivity contribution in [1.82, 2.24) is 0 Å². The van der Waals surface area contributed by atoms with Crippen LogP contribution in [0.2, 0.25) is 0 Å². The van der Waals surface area contributed by atoms with Crippen molar-refractivity contribution < 1.29 is 63.4 Å². The fourth-order valence-corrected chi connectivity index (χ4v) is 3.38. The molecule has 7 nitrogen and oxygen atoms in total. The van der Waals surface area contributed by atoms with E-state index in [-0.39, 0.29) is 35.1 Å². The number of hydrogen-bond acceptors (Lipinski definition) is 3. The average molecular weight is 305 g/mol. The molecule has 1 aromatic rings. The normalized spacial score (nSPS) is 12.9. The first-order valence-electron chi connectivity index (χ1n) is 4.45. The van der Waals surface area contributed by atoms with Crippen LogP contribution in [0.15, 0.2) is 30.3 Å². The van der Waals surface area contributed by atoms with Crippen LogP contribution in [-0.2, 0) is 15.6 Å². The minimum absolute atomic E-state index is 0. The van der Waals surface area contributed by atoms with Crippen LogP contribution in [0.4, 0.5) is 0 Å². The van der Waals surface area contributed by atoms with Crippen molar-refractivity contribution >= 4 is 15.2 Å². The van der Waals surface area contributed by atoms with Gasteiger partial charge in [0, 0.05) is 6.42 Å². The molecular formula is C8H12NaO7P2+. The maximum Gasteiger partial charge on any atom is 1.00 e. The zero-order chi connectivity index (χ0) is 13.3. The number of hydrogen-bond donors (Lipinski definition) is 5. The first kappa shape index (κ1) is 18.5. The van der Waals surface area contributed by atoms with E-state index in [1.54, 1.807) is 6.07 Å². The number of aliphatic hydroxyl groups is 1. The fourth-order valence-electron chi connectivity index (χ4n) is 1.25. The molecule has 0 saturated heterocycles. The predicted molar refractivity (Wildman–Crippen MR) is 59.2 cm³/mol. The van der Waals surface area contributed by atoms with E-state index in [1.807, 2.05) is 0 Å². The summed E-state index contributed by atoms with van der Waals surface area (Å²) in [5, 5.41) is 6.22.